The van der Waals surface area contributed by atoms with Gasteiger partial charge in [-0.25, -0.2) is 0 Å². The standard InChI is InChI=1S/C48H38N2O/c1-47(2)24-25-48(3,4)38-28-40-36(27-37(38)47)44-34-18-9-8-17-33(34)43-35-19-10-12-20-39(35)50(45(43)46(44)49(40)29-14-6-5-7-15-29)30-22-23-32-31-16-11-13-21-41(31)51-42(32)26-30/h5-23,26-28H,24-25H2,1-4H3. The van der Waals surface area contributed by atoms with Crippen LogP contribution in [0.5, 0.6) is 0 Å². The van der Waals surface area contributed by atoms with Crippen LogP contribution in [-0.4, -0.2) is 9.13 Å². The van der Waals surface area contributed by atoms with Gasteiger partial charge in [0.1, 0.15) is 11.2 Å². The molecule has 0 amide bonds. The minimum absolute atomic E-state index is 0.0886. The Hall–Kier alpha value is -5.80. The molecule has 10 aromatic rings. The zero-order chi connectivity index (χ0) is 34.2. The molecule has 1 aliphatic carbocycles. The zero-order valence-corrected chi connectivity index (χ0v) is 29.4. The van der Waals surface area contributed by atoms with Crippen LogP contribution in [0.2, 0.25) is 0 Å². The maximum absolute atomic E-state index is 6.49. The molecule has 3 heteroatoms. The van der Waals surface area contributed by atoms with Crippen LogP contribution < -0.4 is 0 Å². The van der Waals surface area contributed by atoms with Crippen molar-refractivity contribution in [2.24, 2.45) is 0 Å². The number of fused-ring (bicyclic) bond motifs is 14. The summed E-state index contributed by atoms with van der Waals surface area (Å²) in [6.07, 6.45) is 2.36. The van der Waals surface area contributed by atoms with Gasteiger partial charge >= 0.3 is 0 Å². The fourth-order valence-electron chi connectivity index (χ4n) is 9.47. The lowest BCUT2D eigenvalue weighted by atomic mass is 9.63. The molecular weight excluding hydrogens is 621 g/mol. The van der Waals surface area contributed by atoms with Gasteiger partial charge in [-0.3, -0.25) is 0 Å². The van der Waals surface area contributed by atoms with Gasteiger partial charge in [-0.1, -0.05) is 107 Å². The van der Waals surface area contributed by atoms with E-state index in [1.54, 1.807) is 0 Å². The van der Waals surface area contributed by atoms with E-state index in [1.165, 1.54) is 84.0 Å². The molecule has 0 atom stereocenters. The molecule has 246 valence electrons. The largest absolute Gasteiger partial charge is 0.456 e. The van der Waals surface area contributed by atoms with E-state index >= 15 is 0 Å². The Labute approximate surface area is 296 Å². The van der Waals surface area contributed by atoms with Gasteiger partial charge < -0.3 is 13.6 Å². The molecular formula is C48H38N2O. The quantitative estimate of drug-likeness (QED) is 0.181. The van der Waals surface area contributed by atoms with E-state index < -0.39 is 0 Å². The summed E-state index contributed by atoms with van der Waals surface area (Å²) in [5, 5.41) is 10.0. The summed E-state index contributed by atoms with van der Waals surface area (Å²) in [4.78, 5) is 0. The molecule has 0 saturated carbocycles. The average Bonchev–Trinajstić information content (AvgIpc) is 3.81. The first-order chi connectivity index (χ1) is 24.8. The zero-order valence-electron chi connectivity index (χ0n) is 29.4. The first-order valence-electron chi connectivity index (χ1n) is 18.2. The van der Waals surface area contributed by atoms with Crippen LogP contribution >= 0.6 is 0 Å². The Bertz CT molecular complexity index is 3080. The SMILES string of the molecule is CC1(C)CCC(C)(C)c2cc3c(cc21)c1c2ccccc2c2c4ccccc4n(-c4ccc5c(c4)oc4ccccc45)c2c1n3-c1ccccc1. The van der Waals surface area contributed by atoms with Crippen molar-refractivity contribution < 1.29 is 4.42 Å². The van der Waals surface area contributed by atoms with Crippen molar-refractivity contribution >= 4 is 76.3 Å². The number of hydrogen-bond acceptors (Lipinski definition) is 1. The lowest BCUT2D eigenvalue weighted by Gasteiger charge is -2.42. The second kappa shape index (κ2) is 9.92. The number of benzene rings is 7. The molecule has 7 aromatic carbocycles. The highest BCUT2D eigenvalue weighted by Crippen LogP contribution is 2.51. The third kappa shape index (κ3) is 3.84. The molecule has 0 fully saturated rings. The van der Waals surface area contributed by atoms with Crippen LogP contribution in [0.25, 0.3) is 87.7 Å². The van der Waals surface area contributed by atoms with Gasteiger partial charge in [0.05, 0.1) is 27.8 Å². The van der Waals surface area contributed by atoms with Gasteiger partial charge in [-0.05, 0) is 94.1 Å². The predicted octanol–water partition coefficient (Wildman–Crippen LogP) is 13.3. The lowest BCUT2D eigenvalue weighted by Crippen LogP contribution is -2.33. The number of nitrogens with zero attached hydrogens (tertiary/aromatic N) is 2. The first kappa shape index (κ1) is 29.0. The second-order valence-corrected chi connectivity index (χ2v) is 16.0. The van der Waals surface area contributed by atoms with E-state index in [-0.39, 0.29) is 10.8 Å². The van der Waals surface area contributed by atoms with Gasteiger partial charge in [0, 0.05) is 44.1 Å². The monoisotopic (exact) mass is 658 g/mol. The molecule has 0 radical (unpaired) electrons. The lowest BCUT2D eigenvalue weighted by molar-refractivity contribution is 0.332. The Morgan fingerprint density at radius 2 is 0.980 bits per heavy atom. The number of para-hydroxylation sites is 3. The van der Waals surface area contributed by atoms with E-state index in [2.05, 4.69) is 164 Å². The number of aromatic nitrogens is 2. The Morgan fingerprint density at radius 3 is 1.71 bits per heavy atom. The van der Waals surface area contributed by atoms with Gasteiger partial charge in [0.15, 0.2) is 0 Å². The summed E-state index contributed by atoms with van der Waals surface area (Å²) in [5.74, 6) is 0. The normalized spacial score (nSPS) is 15.6. The minimum atomic E-state index is 0.0886. The van der Waals surface area contributed by atoms with Crippen LogP contribution in [-0.2, 0) is 10.8 Å². The third-order valence-electron chi connectivity index (χ3n) is 12.1. The Balaban J connectivity index is 1.41. The highest BCUT2D eigenvalue weighted by atomic mass is 16.3. The fourth-order valence-corrected chi connectivity index (χ4v) is 9.47. The minimum Gasteiger partial charge on any atom is -0.456 e. The Morgan fingerprint density at radius 1 is 0.431 bits per heavy atom. The van der Waals surface area contributed by atoms with Gasteiger partial charge in [-0.2, -0.15) is 0 Å². The van der Waals surface area contributed by atoms with Crippen molar-refractivity contribution in [3.05, 3.63) is 145 Å². The summed E-state index contributed by atoms with van der Waals surface area (Å²) in [7, 11) is 0. The summed E-state index contributed by atoms with van der Waals surface area (Å²) < 4.78 is 11.6. The van der Waals surface area contributed by atoms with E-state index in [0.717, 1.165) is 27.6 Å². The van der Waals surface area contributed by atoms with E-state index in [4.69, 9.17) is 4.42 Å². The summed E-state index contributed by atoms with van der Waals surface area (Å²) in [6, 6.07) is 49.2. The fraction of sp³-hybridized carbons (Fsp3) is 0.167. The van der Waals surface area contributed by atoms with Crippen molar-refractivity contribution in [3.8, 4) is 11.4 Å². The molecule has 0 aliphatic heterocycles. The van der Waals surface area contributed by atoms with Crippen molar-refractivity contribution in [2.45, 2.75) is 51.4 Å². The van der Waals surface area contributed by atoms with E-state index in [1.807, 2.05) is 6.07 Å². The third-order valence-corrected chi connectivity index (χ3v) is 12.1. The van der Waals surface area contributed by atoms with Gasteiger partial charge in [-0.15, -0.1) is 0 Å². The van der Waals surface area contributed by atoms with E-state index in [9.17, 15) is 0 Å². The van der Waals surface area contributed by atoms with Crippen LogP contribution in [0.4, 0.5) is 0 Å². The highest BCUT2D eigenvalue weighted by Gasteiger charge is 2.38. The molecule has 0 unspecified atom stereocenters. The van der Waals surface area contributed by atoms with Crippen LogP contribution in [0.15, 0.2) is 138 Å². The first-order valence-corrected chi connectivity index (χ1v) is 18.2. The predicted molar refractivity (Wildman–Crippen MR) is 215 cm³/mol. The highest BCUT2D eigenvalue weighted by molar-refractivity contribution is 6.36. The second-order valence-electron chi connectivity index (χ2n) is 16.0. The number of rotatable bonds is 2. The van der Waals surface area contributed by atoms with Crippen molar-refractivity contribution in [2.75, 3.05) is 0 Å². The van der Waals surface area contributed by atoms with Crippen LogP contribution in [0, 0.1) is 0 Å². The molecule has 0 spiro atoms. The molecule has 1 aliphatic rings. The van der Waals surface area contributed by atoms with Crippen molar-refractivity contribution in [1.82, 2.24) is 9.13 Å². The van der Waals surface area contributed by atoms with Crippen LogP contribution in [0.1, 0.15) is 51.7 Å². The van der Waals surface area contributed by atoms with Crippen LogP contribution in [0.3, 0.4) is 0 Å². The maximum Gasteiger partial charge on any atom is 0.137 e. The van der Waals surface area contributed by atoms with Crippen molar-refractivity contribution in [1.29, 1.82) is 0 Å². The molecule has 3 heterocycles. The average molecular weight is 659 g/mol. The van der Waals surface area contributed by atoms with Gasteiger partial charge in [0.2, 0.25) is 0 Å². The summed E-state index contributed by atoms with van der Waals surface area (Å²) in [6.45, 7) is 9.74. The smallest absolute Gasteiger partial charge is 0.137 e. The molecule has 0 N–H and O–H groups in total. The topological polar surface area (TPSA) is 23.0 Å². The maximum atomic E-state index is 6.49. The number of hydrogen-bond donors (Lipinski definition) is 0. The Kier molecular flexibility index (Phi) is 5.64. The molecule has 3 nitrogen and oxygen atoms in total. The molecule has 0 bridgehead atoms. The van der Waals surface area contributed by atoms with Crippen molar-refractivity contribution in [3.63, 3.8) is 0 Å². The number of furan rings is 1. The molecule has 0 saturated heterocycles. The molecule has 51 heavy (non-hydrogen) atoms. The summed E-state index contributed by atoms with van der Waals surface area (Å²) in [5.41, 5.74) is 12.1. The molecule has 11 rings (SSSR count). The van der Waals surface area contributed by atoms with E-state index in [0.29, 0.717) is 0 Å². The molecule has 3 aromatic heterocycles. The van der Waals surface area contributed by atoms with Gasteiger partial charge in [0.25, 0.3) is 0 Å². The summed E-state index contributed by atoms with van der Waals surface area (Å²) >= 11 is 0.